The molecule has 0 spiro atoms. The Balaban J connectivity index is 4.13. The molecule has 0 saturated carbocycles. The molecular weight excluding hydrogens is 204 g/mol. The van der Waals surface area contributed by atoms with Gasteiger partial charge in [0.1, 0.15) is 13.6 Å². The molecule has 6 nitrogen and oxygen atoms in total. The topological polar surface area (TPSA) is 63.2 Å². The molecule has 0 aliphatic carbocycles. The maximum Gasteiger partial charge on any atom is 0.337 e. The van der Waals surface area contributed by atoms with Crippen molar-refractivity contribution in [3.05, 3.63) is 0 Å². The Morgan fingerprint density at radius 1 is 1.07 bits per heavy atom. The third-order valence-corrected chi connectivity index (χ3v) is 1.67. The van der Waals surface area contributed by atoms with Crippen LogP contribution in [0.3, 0.4) is 0 Å². The zero-order valence-electron chi connectivity index (χ0n) is 9.52. The average molecular weight is 222 g/mol. The molecule has 2 atom stereocenters. The van der Waals surface area contributed by atoms with E-state index in [1.807, 2.05) is 0 Å². The Morgan fingerprint density at radius 3 is 2.07 bits per heavy atom. The van der Waals surface area contributed by atoms with E-state index in [2.05, 4.69) is 4.74 Å². The summed E-state index contributed by atoms with van der Waals surface area (Å²) in [6, 6.07) is 0. The van der Waals surface area contributed by atoms with Gasteiger partial charge in [-0.3, -0.25) is 0 Å². The van der Waals surface area contributed by atoms with Gasteiger partial charge in [-0.05, 0) is 6.92 Å². The number of carbonyl (C=O) groups is 1. The van der Waals surface area contributed by atoms with Crippen LogP contribution in [-0.4, -0.2) is 53.1 Å². The zero-order valence-corrected chi connectivity index (χ0v) is 9.52. The number of esters is 1. The zero-order chi connectivity index (χ0) is 11.7. The van der Waals surface area contributed by atoms with E-state index in [1.54, 1.807) is 6.92 Å². The van der Waals surface area contributed by atoms with Crippen LogP contribution in [0.1, 0.15) is 6.92 Å². The van der Waals surface area contributed by atoms with Gasteiger partial charge in [-0.15, -0.1) is 0 Å². The van der Waals surface area contributed by atoms with Crippen molar-refractivity contribution in [2.45, 2.75) is 19.1 Å². The first-order valence-corrected chi connectivity index (χ1v) is 4.46. The number of rotatable bonds is 8. The maximum absolute atomic E-state index is 11.3. The summed E-state index contributed by atoms with van der Waals surface area (Å²) in [4.78, 5) is 11.3. The molecule has 0 N–H and O–H groups in total. The Hall–Kier alpha value is -0.690. The minimum absolute atomic E-state index is 0.000445. The van der Waals surface area contributed by atoms with Gasteiger partial charge in [-0.2, -0.15) is 0 Å². The second kappa shape index (κ2) is 8.60. The molecule has 0 aromatic carbocycles. The SMILES string of the molecule is COCO[C@@H](C)[C@@H](OCOC)C(=O)OC. The van der Waals surface area contributed by atoms with Gasteiger partial charge in [-0.25, -0.2) is 4.79 Å². The highest BCUT2D eigenvalue weighted by Gasteiger charge is 2.27. The van der Waals surface area contributed by atoms with Gasteiger partial charge in [0, 0.05) is 14.2 Å². The molecule has 0 aliphatic heterocycles. The molecule has 0 aliphatic rings. The van der Waals surface area contributed by atoms with Crippen LogP contribution < -0.4 is 0 Å². The van der Waals surface area contributed by atoms with E-state index in [-0.39, 0.29) is 13.6 Å². The van der Waals surface area contributed by atoms with Crippen molar-refractivity contribution in [3.8, 4) is 0 Å². The molecule has 15 heavy (non-hydrogen) atoms. The van der Waals surface area contributed by atoms with Crippen molar-refractivity contribution in [2.24, 2.45) is 0 Å². The highest BCUT2D eigenvalue weighted by atomic mass is 16.7. The third kappa shape index (κ3) is 5.68. The minimum Gasteiger partial charge on any atom is -0.467 e. The predicted molar refractivity (Wildman–Crippen MR) is 51.2 cm³/mol. The minimum atomic E-state index is -0.815. The van der Waals surface area contributed by atoms with E-state index in [0.717, 1.165) is 0 Å². The molecule has 0 fully saturated rings. The van der Waals surface area contributed by atoms with Gasteiger partial charge < -0.3 is 23.7 Å². The molecule has 0 amide bonds. The normalized spacial score (nSPS) is 14.7. The Bertz CT molecular complexity index is 172. The summed E-state index contributed by atoms with van der Waals surface area (Å²) < 4.78 is 24.3. The summed E-state index contributed by atoms with van der Waals surface area (Å²) >= 11 is 0. The van der Waals surface area contributed by atoms with Crippen molar-refractivity contribution in [1.82, 2.24) is 0 Å². The maximum atomic E-state index is 11.3. The lowest BCUT2D eigenvalue weighted by Crippen LogP contribution is -2.38. The van der Waals surface area contributed by atoms with Crippen LogP contribution in [-0.2, 0) is 28.5 Å². The van der Waals surface area contributed by atoms with Crippen LogP contribution >= 0.6 is 0 Å². The third-order valence-electron chi connectivity index (χ3n) is 1.67. The van der Waals surface area contributed by atoms with Gasteiger partial charge in [0.2, 0.25) is 0 Å². The molecule has 0 unspecified atom stereocenters. The smallest absolute Gasteiger partial charge is 0.337 e. The molecular formula is C9H18O6. The highest BCUT2D eigenvalue weighted by molar-refractivity contribution is 5.75. The summed E-state index contributed by atoms with van der Waals surface area (Å²) in [7, 11) is 4.25. The fraction of sp³-hybridized carbons (Fsp3) is 0.889. The molecule has 0 radical (unpaired) electrons. The van der Waals surface area contributed by atoms with Crippen LogP contribution in [0.5, 0.6) is 0 Å². The lowest BCUT2D eigenvalue weighted by Gasteiger charge is -2.21. The van der Waals surface area contributed by atoms with Gasteiger partial charge in [0.25, 0.3) is 0 Å². The van der Waals surface area contributed by atoms with E-state index >= 15 is 0 Å². The molecule has 0 rings (SSSR count). The van der Waals surface area contributed by atoms with Crippen LogP contribution in [0.2, 0.25) is 0 Å². The van der Waals surface area contributed by atoms with Crippen molar-refractivity contribution >= 4 is 5.97 Å². The van der Waals surface area contributed by atoms with Crippen molar-refractivity contribution in [3.63, 3.8) is 0 Å². The van der Waals surface area contributed by atoms with Crippen LogP contribution in [0, 0.1) is 0 Å². The Kier molecular flexibility index (Phi) is 8.21. The van der Waals surface area contributed by atoms with Crippen LogP contribution in [0.25, 0.3) is 0 Å². The largest absolute Gasteiger partial charge is 0.467 e. The monoisotopic (exact) mass is 222 g/mol. The van der Waals surface area contributed by atoms with Gasteiger partial charge in [0.15, 0.2) is 6.10 Å². The van der Waals surface area contributed by atoms with Crippen LogP contribution in [0.4, 0.5) is 0 Å². The highest BCUT2D eigenvalue weighted by Crippen LogP contribution is 2.06. The standard InChI is InChI=1S/C9H18O6/c1-7(14-5-11-2)8(9(10)13-4)15-6-12-3/h7-8H,5-6H2,1-4H3/t7-,8+/m0/s1. The van der Waals surface area contributed by atoms with Crippen molar-refractivity contribution in [1.29, 1.82) is 0 Å². The molecule has 90 valence electrons. The second-order valence-electron chi connectivity index (χ2n) is 2.80. The van der Waals surface area contributed by atoms with E-state index in [4.69, 9.17) is 18.9 Å². The van der Waals surface area contributed by atoms with E-state index in [0.29, 0.717) is 0 Å². The second-order valence-corrected chi connectivity index (χ2v) is 2.80. The van der Waals surface area contributed by atoms with E-state index in [1.165, 1.54) is 21.3 Å². The molecule has 0 heterocycles. The first kappa shape index (κ1) is 14.3. The Labute approximate surface area is 89.4 Å². The molecule has 0 aromatic heterocycles. The summed E-state index contributed by atoms with van der Waals surface area (Å²) in [6.07, 6.45) is -1.28. The predicted octanol–water partition coefficient (Wildman–Crippen LogP) is 0.158. The Morgan fingerprint density at radius 2 is 1.60 bits per heavy atom. The van der Waals surface area contributed by atoms with Crippen molar-refractivity contribution in [2.75, 3.05) is 34.9 Å². The number of hydrogen-bond acceptors (Lipinski definition) is 6. The summed E-state index contributed by atoms with van der Waals surface area (Å²) in [5.74, 6) is -0.504. The van der Waals surface area contributed by atoms with Gasteiger partial charge in [-0.1, -0.05) is 0 Å². The van der Waals surface area contributed by atoms with Crippen LogP contribution in [0.15, 0.2) is 0 Å². The lowest BCUT2D eigenvalue weighted by atomic mass is 10.2. The molecule has 0 bridgehead atoms. The van der Waals surface area contributed by atoms with E-state index in [9.17, 15) is 4.79 Å². The summed E-state index contributed by atoms with van der Waals surface area (Å²) in [5, 5.41) is 0. The number of methoxy groups -OCH3 is 3. The molecule has 6 heteroatoms. The number of carbonyl (C=O) groups excluding carboxylic acids is 1. The molecule has 0 aromatic rings. The van der Waals surface area contributed by atoms with Crippen molar-refractivity contribution < 1.29 is 28.5 Å². The first-order chi connectivity index (χ1) is 7.17. The fourth-order valence-electron chi connectivity index (χ4n) is 0.915. The number of hydrogen-bond donors (Lipinski definition) is 0. The van der Waals surface area contributed by atoms with Gasteiger partial charge in [0.05, 0.1) is 13.2 Å². The first-order valence-electron chi connectivity index (χ1n) is 4.46. The lowest BCUT2D eigenvalue weighted by molar-refractivity contribution is -0.184. The average Bonchev–Trinajstić information content (AvgIpc) is 2.26. The number of ether oxygens (including phenoxy) is 5. The molecule has 0 saturated heterocycles. The summed E-state index contributed by atoms with van der Waals surface area (Å²) in [5.41, 5.74) is 0. The quantitative estimate of drug-likeness (QED) is 0.430. The van der Waals surface area contributed by atoms with Gasteiger partial charge >= 0.3 is 5.97 Å². The summed E-state index contributed by atoms with van der Waals surface area (Å²) in [6.45, 7) is 1.78. The fourth-order valence-corrected chi connectivity index (χ4v) is 0.915. The van der Waals surface area contributed by atoms with E-state index < -0.39 is 18.2 Å².